The molecule has 8 heteroatoms. The number of nitrogens with zero attached hydrogens (tertiary/aromatic N) is 2. The van der Waals surface area contributed by atoms with Gasteiger partial charge in [0.15, 0.2) is 0 Å². The van der Waals surface area contributed by atoms with E-state index in [4.69, 9.17) is 4.74 Å². The summed E-state index contributed by atoms with van der Waals surface area (Å²) in [7, 11) is -1.93. The Kier molecular flexibility index (Phi) is 7.84. The SMILES string of the molecule is COc1ccc(CN2CCCN(C(=O)CCNS(=O)(=O)c3ccccc3)CC2)cc1. The molecule has 2 aromatic rings. The van der Waals surface area contributed by atoms with E-state index in [-0.39, 0.29) is 23.8 Å². The molecule has 1 saturated heterocycles. The van der Waals surface area contributed by atoms with Gasteiger partial charge in [-0.2, -0.15) is 0 Å². The first-order valence-corrected chi connectivity index (χ1v) is 11.6. The maximum Gasteiger partial charge on any atom is 0.240 e. The minimum atomic E-state index is -3.58. The quantitative estimate of drug-likeness (QED) is 0.693. The Bertz CT molecular complexity index is 917. The van der Waals surface area contributed by atoms with E-state index in [2.05, 4.69) is 21.8 Å². The van der Waals surface area contributed by atoms with Crippen LogP contribution in [-0.4, -0.2) is 64.0 Å². The second-order valence-electron chi connectivity index (χ2n) is 7.32. The van der Waals surface area contributed by atoms with E-state index in [0.717, 1.165) is 31.8 Å². The number of rotatable bonds is 8. The van der Waals surface area contributed by atoms with Gasteiger partial charge in [-0.05, 0) is 36.2 Å². The average Bonchev–Trinajstić information content (AvgIpc) is 3.00. The Labute approximate surface area is 178 Å². The molecule has 1 aliphatic heterocycles. The van der Waals surface area contributed by atoms with E-state index in [9.17, 15) is 13.2 Å². The Morgan fingerprint density at radius 3 is 2.43 bits per heavy atom. The molecule has 0 spiro atoms. The van der Waals surface area contributed by atoms with E-state index in [1.807, 2.05) is 17.0 Å². The highest BCUT2D eigenvalue weighted by Crippen LogP contribution is 2.14. The van der Waals surface area contributed by atoms with E-state index in [1.165, 1.54) is 17.7 Å². The van der Waals surface area contributed by atoms with Crippen molar-refractivity contribution in [2.24, 2.45) is 0 Å². The molecule has 162 valence electrons. The highest BCUT2D eigenvalue weighted by molar-refractivity contribution is 7.89. The van der Waals surface area contributed by atoms with E-state index < -0.39 is 10.0 Å². The van der Waals surface area contributed by atoms with Crippen LogP contribution in [0.3, 0.4) is 0 Å². The molecular formula is C22H29N3O4S. The zero-order valence-electron chi connectivity index (χ0n) is 17.3. The van der Waals surface area contributed by atoms with Crippen molar-refractivity contribution in [3.63, 3.8) is 0 Å². The predicted molar refractivity (Wildman–Crippen MR) is 116 cm³/mol. The molecule has 1 aliphatic rings. The van der Waals surface area contributed by atoms with Crippen molar-refractivity contribution in [2.75, 3.05) is 39.8 Å². The molecule has 0 bridgehead atoms. The molecule has 7 nitrogen and oxygen atoms in total. The van der Waals surface area contributed by atoms with Gasteiger partial charge in [0.05, 0.1) is 12.0 Å². The number of hydrogen-bond acceptors (Lipinski definition) is 5. The molecule has 1 fully saturated rings. The maximum absolute atomic E-state index is 12.6. The van der Waals surface area contributed by atoms with Crippen LogP contribution in [0.5, 0.6) is 5.75 Å². The first-order chi connectivity index (χ1) is 14.5. The zero-order valence-corrected chi connectivity index (χ0v) is 18.1. The highest BCUT2D eigenvalue weighted by atomic mass is 32.2. The van der Waals surface area contributed by atoms with Crippen LogP contribution in [0.2, 0.25) is 0 Å². The van der Waals surface area contributed by atoms with Crippen LogP contribution in [0.4, 0.5) is 0 Å². The molecule has 0 radical (unpaired) electrons. The molecule has 1 N–H and O–H groups in total. The number of hydrogen-bond donors (Lipinski definition) is 1. The van der Waals surface area contributed by atoms with Crippen molar-refractivity contribution >= 4 is 15.9 Å². The summed E-state index contributed by atoms with van der Waals surface area (Å²) in [6.45, 7) is 4.01. The Morgan fingerprint density at radius 2 is 1.73 bits per heavy atom. The summed E-state index contributed by atoms with van der Waals surface area (Å²) in [4.78, 5) is 17.0. The molecular weight excluding hydrogens is 402 g/mol. The zero-order chi connectivity index (χ0) is 21.4. The molecule has 30 heavy (non-hydrogen) atoms. The third-order valence-corrected chi connectivity index (χ3v) is 6.67. The summed E-state index contributed by atoms with van der Waals surface area (Å²) < 4.78 is 32.2. The number of amides is 1. The van der Waals surface area contributed by atoms with Gasteiger partial charge in [-0.1, -0.05) is 30.3 Å². The molecule has 0 saturated carbocycles. The third-order valence-electron chi connectivity index (χ3n) is 5.19. The van der Waals surface area contributed by atoms with Crippen LogP contribution >= 0.6 is 0 Å². The Balaban J connectivity index is 1.44. The van der Waals surface area contributed by atoms with Gasteiger partial charge in [-0.15, -0.1) is 0 Å². The lowest BCUT2D eigenvalue weighted by atomic mass is 10.2. The standard InChI is InChI=1S/C22H29N3O4S/c1-29-20-10-8-19(9-11-20)18-24-14-5-15-25(17-16-24)22(26)12-13-23-30(27,28)21-6-3-2-4-7-21/h2-4,6-11,23H,5,12-18H2,1H3. The summed E-state index contributed by atoms with van der Waals surface area (Å²) >= 11 is 0. The highest BCUT2D eigenvalue weighted by Gasteiger charge is 2.20. The van der Waals surface area contributed by atoms with Crippen molar-refractivity contribution in [3.8, 4) is 5.75 Å². The fourth-order valence-corrected chi connectivity index (χ4v) is 4.55. The Morgan fingerprint density at radius 1 is 1.00 bits per heavy atom. The number of benzene rings is 2. The van der Waals surface area contributed by atoms with Crippen LogP contribution in [-0.2, 0) is 21.4 Å². The first kappa shape index (κ1) is 22.3. The van der Waals surface area contributed by atoms with Crippen molar-refractivity contribution < 1.29 is 17.9 Å². The molecule has 0 atom stereocenters. The molecule has 0 aromatic heterocycles. The van der Waals surface area contributed by atoms with E-state index >= 15 is 0 Å². The summed E-state index contributed by atoms with van der Waals surface area (Å²) in [5.74, 6) is 0.825. The van der Waals surface area contributed by atoms with Crippen LogP contribution < -0.4 is 9.46 Å². The first-order valence-electron chi connectivity index (χ1n) is 10.2. The second-order valence-corrected chi connectivity index (χ2v) is 9.09. The average molecular weight is 432 g/mol. The molecule has 2 aromatic carbocycles. The number of carbonyl (C=O) groups excluding carboxylic acids is 1. The van der Waals surface area contributed by atoms with Crippen molar-refractivity contribution in [3.05, 3.63) is 60.2 Å². The van der Waals surface area contributed by atoms with Gasteiger partial charge in [0.2, 0.25) is 15.9 Å². The normalized spacial score (nSPS) is 15.6. The van der Waals surface area contributed by atoms with Crippen LogP contribution in [0.25, 0.3) is 0 Å². The van der Waals surface area contributed by atoms with E-state index in [0.29, 0.717) is 13.1 Å². The third kappa shape index (κ3) is 6.29. The fourth-order valence-electron chi connectivity index (χ4n) is 3.50. The van der Waals surface area contributed by atoms with Crippen LogP contribution in [0.15, 0.2) is 59.5 Å². The van der Waals surface area contributed by atoms with Gasteiger partial charge < -0.3 is 9.64 Å². The number of nitrogens with one attached hydrogen (secondary N) is 1. The summed E-state index contributed by atoms with van der Waals surface area (Å²) in [6, 6.07) is 16.2. The van der Waals surface area contributed by atoms with Gasteiger partial charge in [0.25, 0.3) is 0 Å². The minimum absolute atomic E-state index is 0.0166. The van der Waals surface area contributed by atoms with Crippen molar-refractivity contribution in [1.29, 1.82) is 0 Å². The smallest absolute Gasteiger partial charge is 0.240 e. The van der Waals surface area contributed by atoms with Crippen molar-refractivity contribution in [1.82, 2.24) is 14.5 Å². The summed E-state index contributed by atoms with van der Waals surface area (Å²) in [5.41, 5.74) is 1.21. The van der Waals surface area contributed by atoms with E-state index in [1.54, 1.807) is 25.3 Å². The van der Waals surface area contributed by atoms with Gasteiger partial charge in [0.1, 0.15) is 5.75 Å². The number of methoxy groups -OCH3 is 1. The fraction of sp³-hybridized carbons (Fsp3) is 0.409. The molecule has 1 amide bonds. The largest absolute Gasteiger partial charge is 0.497 e. The minimum Gasteiger partial charge on any atom is -0.497 e. The van der Waals surface area contributed by atoms with Crippen LogP contribution in [0, 0.1) is 0 Å². The summed E-state index contributed by atoms with van der Waals surface area (Å²) in [5, 5.41) is 0. The number of ether oxygens (including phenoxy) is 1. The second kappa shape index (κ2) is 10.6. The molecule has 3 rings (SSSR count). The van der Waals surface area contributed by atoms with Crippen LogP contribution in [0.1, 0.15) is 18.4 Å². The molecule has 1 heterocycles. The predicted octanol–water partition coefficient (Wildman–Crippen LogP) is 2.10. The molecule has 0 unspecified atom stereocenters. The number of carbonyl (C=O) groups is 1. The van der Waals surface area contributed by atoms with Gasteiger partial charge in [0, 0.05) is 45.7 Å². The van der Waals surface area contributed by atoms with Gasteiger partial charge >= 0.3 is 0 Å². The number of sulfonamides is 1. The lowest BCUT2D eigenvalue weighted by molar-refractivity contribution is -0.130. The summed E-state index contributed by atoms with van der Waals surface area (Å²) in [6.07, 6.45) is 1.06. The van der Waals surface area contributed by atoms with Gasteiger partial charge in [-0.25, -0.2) is 13.1 Å². The maximum atomic E-state index is 12.6. The lowest BCUT2D eigenvalue weighted by Crippen LogP contribution is -2.37. The molecule has 0 aliphatic carbocycles. The van der Waals surface area contributed by atoms with Crippen molar-refractivity contribution in [2.45, 2.75) is 24.3 Å². The van der Waals surface area contributed by atoms with Gasteiger partial charge in [-0.3, -0.25) is 9.69 Å². The topological polar surface area (TPSA) is 79.0 Å². The Hall–Kier alpha value is -2.42. The lowest BCUT2D eigenvalue weighted by Gasteiger charge is -2.22. The monoisotopic (exact) mass is 431 g/mol.